The Morgan fingerprint density at radius 3 is 2.46 bits per heavy atom. The molecule has 1 unspecified atom stereocenters. The van der Waals surface area contributed by atoms with Gasteiger partial charge in [-0.1, -0.05) is 31.5 Å². The highest BCUT2D eigenvalue weighted by atomic mass is 127. The monoisotopic (exact) mass is 445 g/mol. The van der Waals surface area contributed by atoms with Gasteiger partial charge < -0.3 is 33.2 Å². The summed E-state index contributed by atoms with van der Waals surface area (Å²) in [6.45, 7) is 4.97. The summed E-state index contributed by atoms with van der Waals surface area (Å²) in [4.78, 5) is 12.5. The Morgan fingerprint density at radius 2 is 1.83 bits per heavy atom. The van der Waals surface area contributed by atoms with Crippen molar-refractivity contribution in [1.29, 1.82) is 0 Å². The summed E-state index contributed by atoms with van der Waals surface area (Å²) in [5.41, 5.74) is 1.77. The molecule has 0 aromatic heterocycles. The van der Waals surface area contributed by atoms with Crippen molar-refractivity contribution in [2.45, 2.75) is 64.5 Å². The third kappa shape index (κ3) is 5.73. The molecule has 1 aliphatic rings. The van der Waals surface area contributed by atoms with Gasteiger partial charge in [-0.05, 0) is 50.7 Å². The lowest BCUT2D eigenvalue weighted by atomic mass is 9.93. The van der Waals surface area contributed by atoms with Crippen LogP contribution in [0.3, 0.4) is 0 Å². The van der Waals surface area contributed by atoms with Crippen molar-refractivity contribution in [2.24, 2.45) is 0 Å². The highest BCUT2D eigenvalue weighted by molar-refractivity contribution is 5.91. The minimum absolute atomic E-state index is 0. The lowest BCUT2D eigenvalue weighted by Crippen LogP contribution is -3.00. The fraction of sp³-hybridized carbons (Fsp3) is 0.650. The summed E-state index contributed by atoms with van der Waals surface area (Å²) < 4.78 is 6.70. The number of quaternary nitrogens is 1. The predicted octanol–water partition coefficient (Wildman–Crippen LogP) is 1.21. The van der Waals surface area contributed by atoms with Crippen LogP contribution in [-0.4, -0.2) is 43.2 Å². The number of benzene rings is 1. The van der Waals surface area contributed by atoms with E-state index in [0.717, 1.165) is 23.0 Å². The summed E-state index contributed by atoms with van der Waals surface area (Å²) in [5.74, 6) is -0.182. The van der Waals surface area contributed by atoms with Crippen LogP contribution in [0.5, 0.6) is 0 Å². The molecule has 1 aromatic carbocycles. The maximum Gasteiger partial charge on any atom is 0.338 e. The summed E-state index contributed by atoms with van der Waals surface area (Å²) >= 11 is 0. The van der Waals surface area contributed by atoms with Gasteiger partial charge in [0, 0.05) is 0 Å². The lowest BCUT2D eigenvalue weighted by Gasteiger charge is -2.41. The third-order valence-corrected chi connectivity index (χ3v) is 5.22. The first-order valence-corrected chi connectivity index (χ1v) is 9.05. The van der Waals surface area contributed by atoms with E-state index in [1.54, 1.807) is 0 Å². The molecule has 1 fully saturated rings. The Labute approximate surface area is 164 Å². The number of likely N-dealkylation sites (N-methyl/N-ethyl adjacent to an activating group) is 1. The number of hydrogen-bond acceptors (Lipinski definition) is 2. The van der Waals surface area contributed by atoms with Gasteiger partial charge in [0.15, 0.2) is 0 Å². The average Bonchev–Trinajstić information content (AvgIpc) is 2.55. The number of nitrogens with zero attached hydrogens (tertiary/aromatic N) is 1. The van der Waals surface area contributed by atoms with Gasteiger partial charge in [-0.15, -0.1) is 0 Å². The first kappa shape index (κ1) is 21.4. The fourth-order valence-corrected chi connectivity index (χ4v) is 3.90. The van der Waals surface area contributed by atoms with E-state index in [4.69, 9.17) is 4.74 Å². The molecule has 1 aliphatic carbocycles. The molecule has 4 heteroatoms. The van der Waals surface area contributed by atoms with Crippen LogP contribution in [0.15, 0.2) is 24.3 Å². The van der Waals surface area contributed by atoms with E-state index in [9.17, 15) is 4.79 Å². The standard InChI is InChI=1S/C20H32NO2.HI/c1-5-17-11-9-10-14-19(17)20(22)23-16(2)15-21(3,4)18-12-7-6-8-13-18;/h9-11,14,16,18H,5-8,12-13,15H2,1-4H3;1H/q+1;/p-1. The number of ether oxygens (including phenoxy) is 1. The van der Waals surface area contributed by atoms with Crippen molar-refractivity contribution in [2.75, 3.05) is 20.6 Å². The maximum atomic E-state index is 12.5. The number of esters is 1. The van der Waals surface area contributed by atoms with Crippen molar-refractivity contribution in [3.8, 4) is 0 Å². The van der Waals surface area contributed by atoms with Gasteiger partial charge in [0.2, 0.25) is 0 Å². The zero-order valence-electron chi connectivity index (χ0n) is 15.6. The molecule has 3 nitrogen and oxygen atoms in total. The van der Waals surface area contributed by atoms with Crippen LogP contribution in [0.1, 0.15) is 61.9 Å². The second kappa shape index (κ2) is 9.76. The SMILES string of the molecule is CCc1ccccc1C(=O)OC(C)C[N+](C)(C)C1CCCCC1.[I-]. The molecule has 2 rings (SSSR count). The smallest absolute Gasteiger partial charge is 0.338 e. The Kier molecular flexibility index (Phi) is 8.71. The summed E-state index contributed by atoms with van der Waals surface area (Å²) in [7, 11) is 4.56. The molecule has 0 spiro atoms. The van der Waals surface area contributed by atoms with Gasteiger partial charge in [-0.2, -0.15) is 0 Å². The quantitative estimate of drug-likeness (QED) is 0.374. The van der Waals surface area contributed by atoms with E-state index in [2.05, 4.69) is 21.0 Å². The molecule has 0 bridgehead atoms. The van der Waals surface area contributed by atoms with Crippen molar-refractivity contribution >= 4 is 5.97 Å². The van der Waals surface area contributed by atoms with E-state index >= 15 is 0 Å². The molecule has 1 aromatic rings. The van der Waals surface area contributed by atoms with E-state index in [1.807, 2.05) is 31.2 Å². The molecule has 0 aliphatic heterocycles. The van der Waals surface area contributed by atoms with Crippen molar-refractivity contribution < 1.29 is 38.0 Å². The van der Waals surface area contributed by atoms with Crippen molar-refractivity contribution in [3.63, 3.8) is 0 Å². The van der Waals surface area contributed by atoms with Gasteiger partial charge in [0.05, 0.1) is 25.7 Å². The molecule has 0 amide bonds. The summed E-state index contributed by atoms with van der Waals surface area (Å²) in [6, 6.07) is 8.45. The molecule has 24 heavy (non-hydrogen) atoms. The molecular formula is C20H32INO2. The molecule has 0 heterocycles. The molecule has 0 saturated heterocycles. The number of carbonyl (C=O) groups is 1. The Morgan fingerprint density at radius 1 is 1.21 bits per heavy atom. The number of rotatable bonds is 6. The zero-order chi connectivity index (χ0) is 16.9. The molecule has 0 radical (unpaired) electrons. The van der Waals surface area contributed by atoms with E-state index in [0.29, 0.717) is 11.6 Å². The predicted molar refractivity (Wildman–Crippen MR) is 94.5 cm³/mol. The number of aryl methyl sites for hydroxylation is 1. The minimum Gasteiger partial charge on any atom is -1.00 e. The molecule has 1 saturated carbocycles. The lowest BCUT2D eigenvalue weighted by molar-refractivity contribution is -0.918. The number of halogens is 1. The van der Waals surface area contributed by atoms with Crippen LogP contribution in [0, 0.1) is 0 Å². The largest absolute Gasteiger partial charge is 1.00 e. The fourth-order valence-electron chi connectivity index (χ4n) is 3.90. The normalized spacial score (nSPS) is 17.0. The van der Waals surface area contributed by atoms with Crippen LogP contribution >= 0.6 is 0 Å². The van der Waals surface area contributed by atoms with Gasteiger partial charge in [0.1, 0.15) is 12.6 Å². The second-order valence-corrected chi connectivity index (χ2v) is 7.48. The highest BCUT2D eigenvalue weighted by Crippen LogP contribution is 2.26. The van der Waals surface area contributed by atoms with Gasteiger partial charge in [-0.3, -0.25) is 0 Å². The Hall–Kier alpha value is -0.620. The van der Waals surface area contributed by atoms with Crippen LogP contribution in [0.2, 0.25) is 0 Å². The number of carbonyl (C=O) groups excluding carboxylic acids is 1. The van der Waals surface area contributed by atoms with Gasteiger partial charge in [-0.25, -0.2) is 4.79 Å². The molecule has 136 valence electrons. The average molecular weight is 445 g/mol. The van der Waals surface area contributed by atoms with Crippen LogP contribution in [0.25, 0.3) is 0 Å². The van der Waals surface area contributed by atoms with E-state index in [1.165, 1.54) is 32.1 Å². The number of hydrogen-bond donors (Lipinski definition) is 0. The summed E-state index contributed by atoms with van der Waals surface area (Å²) in [6.07, 6.45) is 7.43. The minimum atomic E-state index is -0.182. The summed E-state index contributed by atoms with van der Waals surface area (Å²) in [5, 5.41) is 0. The highest BCUT2D eigenvalue weighted by Gasteiger charge is 2.32. The maximum absolute atomic E-state index is 12.5. The van der Waals surface area contributed by atoms with Crippen LogP contribution in [-0.2, 0) is 11.2 Å². The van der Waals surface area contributed by atoms with Crippen LogP contribution < -0.4 is 24.0 Å². The molecule has 0 N–H and O–H groups in total. The Balaban J connectivity index is 0.00000288. The molecule has 1 atom stereocenters. The molecular weight excluding hydrogens is 413 g/mol. The third-order valence-electron chi connectivity index (χ3n) is 5.22. The topological polar surface area (TPSA) is 26.3 Å². The van der Waals surface area contributed by atoms with E-state index in [-0.39, 0.29) is 36.0 Å². The first-order valence-electron chi connectivity index (χ1n) is 9.05. The van der Waals surface area contributed by atoms with Gasteiger partial charge >= 0.3 is 5.97 Å². The van der Waals surface area contributed by atoms with Crippen molar-refractivity contribution in [3.05, 3.63) is 35.4 Å². The Bertz CT molecular complexity index is 524. The van der Waals surface area contributed by atoms with E-state index < -0.39 is 0 Å². The van der Waals surface area contributed by atoms with Crippen molar-refractivity contribution in [1.82, 2.24) is 0 Å². The van der Waals surface area contributed by atoms with Crippen LogP contribution in [0.4, 0.5) is 0 Å². The first-order chi connectivity index (χ1) is 10.9. The second-order valence-electron chi connectivity index (χ2n) is 7.48. The van der Waals surface area contributed by atoms with Gasteiger partial charge in [0.25, 0.3) is 0 Å². The zero-order valence-corrected chi connectivity index (χ0v) is 17.7.